The van der Waals surface area contributed by atoms with E-state index in [4.69, 9.17) is 10.5 Å². The summed E-state index contributed by atoms with van der Waals surface area (Å²) in [5.41, 5.74) is 4.49. The van der Waals surface area contributed by atoms with Crippen LogP contribution in [0.2, 0.25) is 0 Å². The van der Waals surface area contributed by atoms with Crippen LogP contribution in [0.25, 0.3) is 0 Å². The maximum Gasteiger partial charge on any atom is 0.343 e. The molecule has 6 rings (SSSR count). The molecule has 1 saturated carbocycles. The average molecular weight is 508 g/mol. The molecule has 1 aliphatic carbocycles. The highest BCUT2D eigenvalue weighted by molar-refractivity contribution is 7.08. The number of amides is 1. The van der Waals surface area contributed by atoms with Crippen molar-refractivity contribution in [2.75, 3.05) is 19.6 Å². The molecule has 2 bridgehead atoms. The summed E-state index contributed by atoms with van der Waals surface area (Å²) in [5.74, 6) is -5.21. The number of nitrogens with zero attached hydrogens (tertiary/aromatic N) is 3. The summed E-state index contributed by atoms with van der Waals surface area (Å²) in [6, 6.07) is 2.54. The van der Waals surface area contributed by atoms with Crippen LogP contribution in [0, 0.1) is 11.8 Å². The highest BCUT2D eigenvalue weighted by atomic mass is 32.1. The molecular formula is C24H29F2N4O4S+. The third-order valence-corrected chi connectivity index (χ3v) is 8.87. The molecule has 8 nitrogen and oxygen atoms in total. The van der Waals surface area contributed by atoms with Crippen molar-refractivity contribution < 1.29 is 32.7 Å². The number of hydrogen-bond acceptors (Lipinski definition) is 7. The van der Waals surface area contributed by atoms with E-state index in [2.05, 4.69) is 9.97 Å². The number of halogens is 2. The summed E-state index contributed by atoms with van der Waals surface area (Å²) in [4.78, 5) is 34.3. The lowest BCUT2D eigenvalue weighted by molar-refractivity contribution is -0.965. The van der Waals surface area contributed by atoms with Gasteiger partial charge in [-0.2, -0.15) is 11.3 Å². The van der Waals surface area contributed by atoms with Crippen LogP contribution in [-0.2, 0) is 19.9 Å². The van der Waals surface area contributed by atoms with Gasteiger partial charge in [0.05, 0.1) is 13.1 Å². The second-order valence-electron chi connectivity index (χ2n) is 10.1. The average Bonchev–Trinajstić information content (AvgIpc) is 3.50. The number of esters is 1. The van der Waals surface area contributed by atoms with E-state index < -0.39 is 47.9 Å². The maximum atomic E-state index is 14.1. The number of quaternary nitrogens is 1. The number of aromatic nitrogens is 2. The number of hydrogen-bond donors (Lipinski definition) is 2. The third-order valence-electron chi connectivity index (χ3n) is 8.19. The van der Waals surface area contributed by atoms with Crippen LogP contribution in [0.5, 0.6) is 0 Å². The maximum absolute atomic E-state index is 14.1. The van der Waals surface area contributed by atoms with Crippen molar-refractivity contribution in [1.82, 2.24) is 9.97 Å². The van der Waals surface area contributed by atoms with E-state index in [9.17, 15) is 23.5 Å². The number of carbonyl (C=O) groups excluding carboxylic acids is 2. The van der Waals surface area contributed by atoms with E-state index in [0.717, 1.165) is 0 Å². The predicted octanol–water partition coefficient (Wildman–Crippen LogP) is 2.54. The van der Waals surface area contributed by atoms with Crippen molar-refractivity contribution in [2.45, 2.75) is 55.8 Å². The predicted molar refractivity (Wildman–Crippen MR) is 122 cm³/mol. The molecule has 0 aromatic carbocycles. The smallest absolute Gasteiger partial charge is 0.343 e. The van der Waals surface area contributed by atoms with E-state index in [0.29, 0.717) is 42.7 Å². The molecule has 4 atom stereocenters. The van der Waals surface area contributed by atoms with Gasteiger partial charge in [-0.05, 0) is 29.3 Å². The van der Waals surface area contributed by atoms with Crippen LogP contribution < -0.4 is 5.73 Å². The summed E-state index contributed by atoms with van der Waals surface area (Å²) >= 11 is 1.28. The first-order valence-electron chi connectivity index (χ1n) is 11.9. The quantitative estimate of drug-likeness (QED) is 0.440. The molecule has 2 aromatic heterocycles. The van der Waals surface area contributed by atoms with E-state index in [1.54, 1.807) is 29.1 Å². The minimum atomic E-state index is -2.92. The Labute approximate surface area is 205 Å². The molecule has 0 radical (unpaired) electrons. The Bertz CT molecular complexity index is 1080. The van der Waals surface area contributed by atoms with Crippen molar-refractivity contribution in [3.8, 4) is 0 Å². The Balaban J connectivity index is 1.41. The van der Waals surface area contributed by atoms with Gasteiger partial charge in [-0.15, -0.1) is 0 Å². The summed E-state index contributed by atoms with van der Waals surface area (Å²) in [5, 5.41) is 14.9. The Kier molecular flexibility index (Phi) is 6.13. The normalized spacial score (nSPS) is 32.0. The Morgan fingerprint density at radius 1 is 1.29 bits per heavy atom. The molecule has 4 fully saturated rings. The van der Waals surface area contributed by atoms with Crippen molar-refractivity contribution >= 4 is 23.2 Å². The van der Waals surface area contributed by atoms with Gasteiger partial charge in [0.25, 0.3) is 5.91 Å². The van der Waals surface area contributed by atoms with Crippen molar-refractivity contribution in [3.63, 3.8) is 0 Å². The number of piperidine rings is 3. The Morgan fingerprint density at radius 2 is 2.06 bits per heavy atom. The van der Waals surface area contributed by atoms with Crippen LogP contribution in [0.1, 0.15) is 49.4 Å². The molecule has 3 aliphatic heterocycles. The van der Waals surface area contributed by atoms with Gasteiger partial charge in [0.2, 0.25) is 12.0 Å². The number of fused-ring (bicyclic) bond motifs is 3. The third kappa shape index (κ3) is 4.23. The first-order valence-corrected chi connectivity index (χ1v) is 12.8. The highest BCUT2D eigenvalue weighted by Gasteiger charge is 2.58. The zero-order valence-corrected chi connectivity index (χ0v) is 20.0. The van der Waals surface area contributed by atoms with Gasteiger partial charge >= 0.3 is 5.97 Å². The number of thiophene rings is 1. The van der Waals surface area contributed by atoms with Gasteiger partial charge in [0, 0.05) is 49.3 Å². The molecule has 188 valence electrons. The number of carbonyl (C=O) groups is 2. The number of alkyl halides is 2. The Morgan fingerprint density at radius 3 is 2.63 bits per heavy atom. The van der Waals surface area contributed by atoms with E-state index in [1.807, 2.05) is 0 Å². The van der Waals surface area contributed by atoms with Crippen molar-refractivity contribution in [1.29, 1.82) is 0 Å². The van der Waals surface area contributed by atoms with Gasteiger partial charge in [-0.25, -0.2) is 23.5 Å². The number of aliphatic hydroxyl groups is 1. The monoisotopic (exact) mass is 507 g/mol. The van der Waals surface area contributed by atoms with E-state index >= 15 is 0 Å². The molecule has 2 aromatic rings. The number of ether oxygens (including phenoxy) is 1. The fraction of sp³-hybridized carbons (Fsp3) is 0.583. The lowest BCUT2D eigenvalue weighted by Gasteiger charge is -2.54. The topological polar surface area (TPSA) is 115 Å². The SMILES string of the molecule is NC(=O)C(c1ccncn1)[N+]12CCC(CC1)[C@@H](OC(=O)C(O)(c1ccsc1)C1CCC(F)(F)C1)C2. The second kappa shape index (κ2) is 8.86. The summed E-state index contributed by atoms with van der Waals surface area (Å²) < 4.78 is 34.4. The van der Waals surface area contributed by atoms with Crippen molar-refractivity contribution in [2.24, 2.45) is 17.6 Å². The van der Waals surface area contributed by atoms with Gasteiger partial charge < -0.3 is 20.1 Å². The van der Waals surface area contributed by atoms with Crippen LogP contribution >= 0.6 is 11.3 Å². The van der Waals surface area contributed by atoms with Crippen LogP contribution in [0.3, 0.4) is 0 Å². The first-order chi connectivity index (χ1) is 16.6. The van der Waals surface area contributed by atoms with Crippen LogP contribution in [0.4, 0.5) is 8.78 Å². The lowest BCUT2D eigenvalue weighted by atomic mass is 9.79. The minimum absolute atomic E-state index is 0.0278. The molecule has 3 saturated heterocycles. The van der Waals surface area contributed by atoms with Gasteiger partial charge in [-0.1, -0.05) is 0 Å². The largest absolute Gasteiger partial charge is 0.454 e. The number of rotatable bonds is 7. The number of primary amides is 1. The van der Waals surface area contributed by atoms with Crippen LogP contribution in [0.15, 0.2) is 35.4 Å². The minimum Gasteiger partial charge on any atom is -0.454 e. The molecule has 3 unspecified atom stereocenters. The standard InChI is InChI=1S/C24H28F2N4O4S/c25-23(26)6-1-16(11-23)24(33,17-5-10-35-13-17)22(32)34-19-12-30(8-3-15(19)4-9-30)20(21(27)31)18-2-7-28-14-29-18/h2,5,7,10,13-16,19-20,33H,1,3-4,6,8-9,11-12H2,(H-,27,31)/p+1/t15?,16?,19-,20?,24?,30?/m0/s1. The zero-order chi connectivity index (χ0) is 24.8. The molecular weight excluding hydrogens is 478 g/mol. The van der Waals surface area contributed by atoms with Crippen LogP contribution in [-0.4, -0.2) is 63.1 Å². The molecule has 5 heterocycles. The molecule has 3 N–H and O–H groups in total. The van der Waals surface area contributed by atoms with Gasteiger partial charge in [0.1, 0.15) is 18.6 Å². The Hall–Kier alpha value is -2.50. The van der Waals surface area contributed by atoms with E-state index in [1.165, 1.54) is 17.7 Å². The first kappa shape index (κ1) is 24.2. The molecule has 4 aliphatic rings. The van der Waals surface area contributed by atoms with Crippen molar-refractivity contribution in [3.05, 3.63) is 46.7 Å². The summed E-state index contributed by atoms with van der Waals surface area (Å²) in [6.07, 6.45) is 2.87. The molecule has 0 spiro atoms. The van der Waals surface area contributed by atoms with Gasteiger partial charge in [0.15, 0.2) is 11.7 Å². The highest BCUT2D eigenvalue weighted by Crippen LogP contribution is 2.49. The summed E-state index contributed by atoms with van der Waals surface area (Å²) in [6.45, 7) is 1.70. The molecule has 11 heteroatoms. The number of nitrogens with two attached hydrogens (primary N) is 1. The molecule has 1 amide bonds. The zero-order valence-electron chi connectivity index (χ0n) is 19.2. The fourth-order valence-electron chi connectivity index (χ4n) is 6.36. The molecule has 35 heavy (non-hydrogen) atoms. The lowest BCUT2D eigenvalue weighted by Crippen LogP contribution is -2.67. The van der Waals surface area contributed by atoms with Gasteiger partial charge in [-0.3, -0.25) is 4.79 Å². The summed E-state index contributed by atoms with van der Waals surface area (Å²) in [7, 11) is 0. The fourth-order valence-corrected chi connectivity index (χ4v) is 7.06. The van der Waals surface area contributed by atoms with E-state index in [-0.39, 0.29) is 24.3 Å². The second-order valence-corrected chi connectivity index (χ2v) is 10.9.